The molecule has 1 aromatic heterocycles. The smallest absolute Gasteiger partial charge is 0.277 e. The molecule has 4 rings (SSSR count). The van der Waals surface area contributed by atoms with Crippen molar-refractivity contribution in [2.75, 3.05) is 13.6 Å². The van der Waals surface area contributed by atoms with Crippen LogP contribution in [0.1, 0.15) is 27.7 Å². The molecule has 0 saturated carbocycles. The van der Waals surface area contributed by atoms with Gasteiger partial charge < -0.3 is 10.2 Å². The summed E-state index contributed by atoms with van der Waals surface area (Å²) in [5.74, 6) is 0.0994. The van der Waals surface area contributed by atoms with Gasteiger partial charge in [-0.05, 0) is 19.1 Å². The Bertz CT molecular complexity index is 1090. The van der Waals surface area contributed by atoms with Crippen molar-refractivity contribution in [2.45, 2.75) is 19.5 Å². The number of quaternary nitrogens is 1. The molecule has 0 aliphatic carbocycles. The zero-order valence-corrected chi connectivity index (χ0v) is 18.1. The van der Waals surface area contributed by atoms with Crippen LogP contribution in [0.15, 0.2) is 78.9 Å². The van der Waals surface area contributed by atoms with Gasteiger partial charge >= 0.3 is 0 Å². The fourth-order valence-corrected chi connectivity index (χ4v) is 4.57. The van der Waals surface area contributed by atoms with Crippen LogP contribution in [0.5, 0.6) is 0 Å². The van der Waals surface area contributed by atoms with Crippen molar-refractivity contribution >= 4 is 27.5 Å². The number of rotatable bonds is 7. The third-order valence-electron chi connectivity index (χ3n) is 5.26. The number of benzene rings is 3. The summed E-state index contributed by atoms with van der Waals surface area (Å²) in [6, 6.07) is 27.1. The molecule has 0 spiro atoms. The average molecular weight is 417 g/mol. The molecule has 0 radical (unpaired) electrons. The maximum Gasteiger partial charge on any atom is 0.277 e. The summed E-state index contributed by atoms with van der Waals surface area (Å²) >= 11 is 1.65. The van der Waals surface area contributed by atoms with Gasteiger partial charge in [0.1, 0.15) is 11.0 Å². The number of likely N-dealkylation sites (N-methyl/N-ethyl adjacent to an activating group) is 1. The molecular weight excluding hydrogens is 390 g/mol. The van der Waals surface area contributed by atoms with E-state index < -0.39 is 0 Å². The van der Waals surface area contributed by atoms with E-state index in [9.17, 15) is 4.79 Å². The highest BCUT2D eigenvalue weighted by Gasteiger charge is 2.21. The van der Waals surface area contributed by atoms with E-state index in [0.29, 0.717) is 13.1 Å². The number of para-hydroxylation sites is 1. The van der Waals surface area contributed by atoms with Gasteiger partial charge in [-0.15, -0.1) is 11.3 Å². The largest absolute Gasteiger partial charge is 0.334 e. The lowest BCUT2D eigenvalue weighted by Gasteiger charge is -2.19. The molecule has 0 aliphatic rings. The van der Waals surface area contributed by atoms with Crippen LogP contribution in [-0.4, -0.2) is 29.4 Å². The fourth-order valence-electron chi connectivity index (χ4n) is 3.55. The molecule has 0 unspecified atom stereocenters. The SMILES string of the molecule is Cc1ccc([C@H]([NH2+]CC(=O)N(C)Cc2nc3ccccc3s2)c2ccccc2)cc1. The molecule has 3 aromatic carbocycles. The van der Waals surface area contributed by atoms with E-state index in [1.807, 2.05) is 43.4 Å². The molecule has 0 bridgehead atoms. The van der Waals surface area contributed by atoms with Gasteiger partial charge in [0.05, 0.1) is 16.8 Å². The number of aryl methyl sites for hydroxylation is 1. The van der Waals surface area contributed by atoms with Crippen molar-refractivity contribution < 1.29 is 10.1 Å². The zero-order chi connectivity index (χ0) is 20.9. The number of hydrogen-bond donors (Lipinski definition) is 1. The Labute approximate surface area is 181 Å². The van der Waals surface area contributed by atoms with Gasteiger partial charge in [-0.2, -0.15) is 0 Å². The highest BCUT2D eigenvalue weighted by atomic mass is 32.1. The van der Waals surface area contributed by atoms with E-state index >= 15 is 0 Å². The highest BCUT2D eigenvalue weighted by Crippen LogP contribution is 2.22. The van der Waals surface area contributed by atoms with Gasteiger partial charge in [0, 0.05) is 18.2 Å². The predicted octanol–water partition coefficient (Wildman–Crippen LogP) is 3.92. The number of carbonyl (C=O) groups is 1. The standard InChI is InChI=1S/C25H25N3OS/c1-18-12-14-20(15-13-18)25(19-8-4-3-5-9-19)26-16-24(29)28(2)17-23-27-21-10-6-7-11-22(21)30-23/h3-15,25-26H,16-17H2,1-2H3/p+1/t25-/m1/s1. The van der Waals surface area contributed by atoms with Gasteiger partial charge in [0.15, 0.2) is 6.54 Å². The van der Waals surface area contributed by atoms with Gasteiger partial charge in [0.2, 0.25) is 0 Å². The Morgan fingerprint density at radius 3 is 2.37 bits per heavy atom. The maximum atomic E-state index is 12.9. The molecule has 152 valence electrons. The Morgan fingerprint density at radius 1 is 0.967 bits per heavy atom. The fraction of sp³-hybridized carbons (Fsp3) is 0.200. The number of nitrogens with zero attached hydrogens (tertiary/aromatic N) is 2. The molecule has 1 amide bonds. The van der Waals surface area contributed by atoms with E-state index in [1.165, 1.54) is 16.7 Å². The van der Waals surface area contributed by atoms with Crippen LogP contribution >= 0.6 is 11.3 Å². The first-order valence-corrected chi connectivity index (χ1v) is 10.9. The number of nitrogens with two attached hydrogens (primary N) is 1. The minimum absolute atomic E-state index is 0.0894. The Balaban J connectivity index is 1.44. The quantitative estimate of drug-likeness (QED) is 0.496. The van der Waals surface area contributed by atoms with Gasteiger partial charge in [-0.3, -0.25) is 4.79 Å². The van der Waals surface area contributed by atoms with Crippen LogP contribution in [0.2, 0.25) is 0 Å². The van der Waals surface area contributed by atoms with E-state index in [-0.39, 0.29) is 11.9 Å². The van der Waals surface area contributed by atoms with Crippen molar-refractivity contribution in [3.05, 3.63) is 101 Å². The molecule has 0 fully saturated rings. The van der Waals surface area contributed by atoms with Gasteiger partial charge in [-0.25, -0.2) is 4.98 Å². The summed E-state index contributed by atoms with van der Waals surface area (Å²) in [6.07, 6.45) is 0. The second-order valence-electron chi connectivity index (χ2n) is 7.56. The summed E-state index contributed by atoms with van der Waals surface area (Å²) < 4.78 is 1.16. The van der Waals surface area contributed by atoms with E-state index in [4.69, 9.17) is 0 Å². The van der Waals surface area contributed by atoms with E-state index in [2.05, 4.69) is 59.7 Å². The maximum absolute atomic E-state index is 12.9. The second kappa shape index (κ2) is 9.20. The first-order valence-electron chi connectivity index (χ1n) is 10.1. The molecule has 0 aliphatic heterocycles. The Morgan fingerprint density at radius 2 is 1.63 bits per heavy atom. The normalized spacial score (nSPS) is 12.1. The molecule has 4 aromatic rings. The first kappa shape index (κ1) is 20.3. The van der Waals surface area contributed by atoms with Crippen molar-refractivity contribution in [3.63, 3.8) is 0 Å². The lowest BCUT2D eigenvalue weighted by atomic mass is 9.98. The number of aromatic nitrogens is 1. The summed E-state index contributed by atoms with van der Waals surface area (Å²) in [5, 5.41) is 3.09. The molecular formula is C25H26N3OS+. The Kier molecular flexibility index (Phi) is 6.21. The third-order valence-corrected chi connectivity index (χ3v) is 6.28. The highest BCUT2D eigenvalue weighted by molar-refractivity contribution is 7.18. The number of fused-ring (bicyclic) bond motifs is 1. The van der Waals surface area contributed by atoms with Crippen molar-refractivity contribution in [2.24, 2.45) is 0 Å². The molecule has 2 N–H and O–H groups in total. The molecule has 5 heteroatoms. The summed E-state index contributed by atoms with van der Waals surface area (Å²) in [4.78, 5) is 19.3. The van der Waals surface area contributed by atoms with E-state index in [0.717, 1.165) is 15.2 Å². The molecule has 4 nitrogen and oxygen atoms in total. The van der Waals surface area contributed by atoms with Gasteiger partial charge in [0.25, 0.3) is 5.91 Å². The summed E-state index contributed by atoms with van der Waals surface area (Å²) in [6.45, 7) is 3.01. The van der Waals surface area contributed by atoms with Crippen LogP contribution < -0.4 is 5.32 Å². The predicted molar refractivity (Wildman–Crippen MR) is 122 cm³/mol. The second-order valence-corrected chi connectivity index (χ2v) is 8.68. The van der Waals surface area contributed by atoms with E-state index in [1.54, 1.807) is 16.2 Å². The molecule has 0 saturated heterocycles. The monoisotopic (exact) mass is 416 g/mol. The minimum Gasteiger partial charge on any atom is -0.334 e. The summed E-state index contributed by atoms with van der Waals surface area (Å²) in [7, 11) is 1.85. The topological polar surface area (TPSA) is 49.8 Å². The minimum atomic E-state index is 0.0894. The molecule has 1 heterocycles. The average Bonchev–Trinajstić information content (AvgIpc) is 3.18. The number of amides is 1. The molecule has 1 atom stereocenters. The lowest BCUT2D eigenvalue weighted by Crippen LogP contribution is -2.87. The van der Waals surface area contributed by atoms with Crippen LogP contribution in [0.4, 0.5) is 0 Å². The van der Waals surface area contributed by atoms with Crippen molar-refractivity contribution in [3.8, 4) is 0 Å². The number of hydrogen-bond acceptors (Lipinski definition) is 3. The van der Waals surface area contributed by atoms with Gasteiger partial charge in [-0.1, -0.05) is 72.3 Å². The third kappa shape index (κ3) is 4.75. The van der Waals surface area contributed by atoms with Crippen molar-refractivity contribution in [1.82, 2.24) is 9.88 Å². The lowest BCUT2D eigenvalue weighted by molar-refractivity contribution is -0.677. The van der Waals surface area contributed by atoms with Crippen LogP contribution in [0, 0.1) is 6.92 Å². The summed E-state index contributed by atoms with van der Waals surface area (Å²) in [5.41, 5.74) is 4.63. The number of carbonyl (C=O) groups excluding carboxylic acids is 1. The van der Waals surface area contributed by atoms with Crippen molar-refractivity contribution in [1.29, 1.82) is 0 Å². The van der Waals surface area contributed by atoms with Crippen LogP contribution in [-0.2, 0) is 11.3 Å². The Hall–Kier alpha value is -3.02. The van der Waals surface area contributed by atoms with Crippen LogP contribution in [0.3, 0.4) is 0 Å². The molecule has 30 heavy (non-hydrogen) atoms. The first-order chi connectivity index (χ1) is 14.6. The number of thiazole rings is 1. The zero-order valence-electron chi connectivity index (χ0n) is 17.3. The van der Waals surface area contributed by atoms with Crippen LogP contribution in [0.25, 0.3) is 10.2 Å².